The summed E-state index contributed by atoms with van der Waals surface area (Å²) in [7, 11) is 0. The van der Waals surface area contributed by atoms with Gasteiger partial charge in [-0.3, -0.25) is 4.79 Å². The van der Waals surface area contributed by atoms with E-state index in [-0.39, 0.29) is 24.9 Å². The van der Waals surface area contributed by atoms with Gasteiger partial charge in [0, 0.05) is 11.6 Å². The van der Waals surface area contributed by atoms with E-state index in [4.69, 9.17) is 9.47 Å². The van der Waals surface area contributed by atoms with Crippen LogP contribution in [0.5, 0.6) is 11.6 Å². The van der Waals surface area contributed by atoms with E-state index in [0.29, 0.717) is 28.7 Å². The number of hydrogen-bond acceptors (Lipinski definition) is 6. The minimum atomic E-state index is -0.641. The highest BCUT2D eigenvalue weighted by molar-refractivity contribution is 5.80. The van der Waals surface area contributed by atoms with E-state index in [2.05, 4.69) is 27.5 Å². The van der Waals surface area contributed by atoms with E-state index in [1.165, 1.54) is 22.2 Å². The molecule has 170 valence electrons. The van der Waals surface area contributed by atoms with Crippen molar-refractivity contribution in [2.45, 2.75) is 26.4 Å². The lowest BCUT2D eigenvalue weighted by Gasteiger charge is -2.15. The van der Waals surface area contributed by atoms with Crippen LogP contribution in [0.1, 0.15) is 19.4 Å². The zero-order valence-electron chi connectivity index (χ0n) is 18.4. The Hall–Kier alpha value is -4.01. The van der Waals surface area contributed by atoms with Crippen molar-refractivity contribution in [1.29, 1.82) is 0 Å². The van der Waals surface area contributed by atoms with Crippen LogP contribution in [0.4, 0.5) is 4.39 Å². The molecule has 8 nitrogen and oxygen atoms in total. The maximum atomic E-state index is 13.6. The third-order valence-corrected chi connectivity index (χ3v) is 4.99. The van der Waals surface area contributed by atoms with Crippen LogP contribution in [0.2, 0.25) is 0 Å². The molecule has 1 amide bonds. The standard InChI is InChI=1S/C24H24FN5O3/c1-3-17-7-9-20(10-8-17)33-16(2)24(31)26-13-14-32-22-12-11-21-27-28-23(30(21)29-22)18-5-4-6-19(25)15-18/h4-12,15-16H,3,13-14H2,1-2H3,(H,26,31). The van der Waals surface area contributed by atoms with E-state index >= 15 is 0 Å². The Balaban J connectivity index is 1.30. The van der Waals surface area contributed by atoms with Gasteiger partial charge in [0.1, 0.15) is 18.2 Å². The summed E-state index contributed by atoms with van der Waals surface area (Å²) in [5.41, 5.74) is 2.27. The molecule has 0 aliphatic heterocycles. The summed E-state index contributed by atoms with van der Waals surface area (Å²) in [6, 6.07) is 17.1. The lowest BCUT2D eigenvalue weighted by atomic mass is 10.2. The molecule has 33 heavy (non-hydrogen) atoms. The van der Waals surface area contributed by atoms with Crippen LogP contribution in [0.15, 0.2) is 60.7 Å². The van der Waals surface area contributed by atoms with Gasteiger partial charge in [-0.05, 0) is 49.2 Å². The minimum absolute atomic E-state index is 0.208. The lowest BCUT2D eigenvalue weighted by molar-refractivity contribution is -0.127. The van der Waals surface area contributed by atoms with E-state index in [9.17, 15) is 9.18 Å². The molecule has 1 atom stereocenters. The molecule has 4 rings (SSSR count). The van der Waals surface area contributed by atoms with Crippen molar-refractivity contribution in [1.82, 2.24) is 25.1 Å². The smallest absolute Gasteiger partial charge is 0.260 e. The zero-order valence-corrected chi connectivity index (χ0v) is 18.4. The summed E-state index contributed by atoms with van der Waals surface area (Å²) in [6.45, 7) is 4.26. The third kappa shape index (κ3) is 5.43. The average Bonchev–Trinajstić information content (AvgIpc) is 3.25. The molecule has 0 fully saturated rings. The maximum absolute atomic E-state index is 13.6. The number of aryl methyl sites for hydroxylation is 1. The Kier molecular flexibility index (Phi) is 6.77. The fourth-order valence-corrected chi connectivity index (χ4v) is 3.19. The highest BCUT2D eigenvalue weighted by Gasteiger charge is 2.15. The summed E-state index contributed by atoms with van der Waals surface area (Å²) in [5.74, 6) is 0.764. The second kappa shape index (κ2) is 10.1. The topological polar surface area (TPSA) is 90.6 Å². The fourth-order valence-electron chi connectivity index (χ4n) is 3.19. The highest BCUT2D eigenvalue weighted by atomic mass is 19.1. The molecule has 1 N–H and O–H groups in total. The summed E-state index contributed by atoms with van der Waals surface area (Å²) in [6.07, 6.45) is 0.305. The van der Waals surface area contributed by atoms with Crippen LogP contribution >= 0.6 is 0 Å². The van der Waals surface area contributed by atoms with Gasteiger partial charge >= 0.3 is 0 Å². The van der Waals surface area contributed by atoms with Gasteiger partial charge in [-0.2, -0.15) is 4.52 Å². The third-order valence-electron chi connectivity index (χ3n) is 4.99. The lowest BCUT2D eigenvalue weighted by Crippen LogP contribution is -2.38. The molecule has 2 heterocycles. The minimum Gasteiger partial charge on any atom is -0.481 e. The second-order valence-corrected chi connectivity index (χ2v) is 7.37. The first-order valence-electron chi connectivity index (χ1n) is 10.7. The first-order chi connectivity index (χ1) is 16.0. The number of fused-ring (bicyclic) bond motifs is 1. The fraction of sp³-hybridized carbons (Fsp3) is 0.250. The molecule has 4 aromatic rings. The molecule has 0 radical (unpaired) electrons. The van der Waals surface area contributed by atoms with Crippen molar-refractivity contribution in [2.75, 3.05) is 13.2 Å². The number of amides is 1. The number of carbonyl (C=O) groups is 1. The van der Waals surface area contributed by atoms with E-state index in [1.54, 1.807) is 31.2 Å². The molecular weight excluding hydrogens is 425 g/mol. The molecule has 1 unspecified atom stereocenters. The van der Waals surface area contributed by atoms with Crippen molar-refractivity contribution >= 4 is 11.6 Å². The Labute approximate surface area is 190 Å². The van der Waals surface area contributed by atoms with Gasteiger partial charge in [-0.1, -0.05) is 31.2 Å². The Morgan fingerprint density at radius 1 is 1.12 bits per heavy atom. The van der Waals surface area contributed by atoms with Gasteiger partial charge in [0.25, 0.3) is 5.91 Å². The normalized spacial score (nSPS) is 11.8. The SMILES string of the molecule is CCc1ccc(OC(C)C(=O)NCCOc2ccc3nnc(-c4cccc(F)c4)n3n2)cc1. The monoisotopic (exact) mass is 449 g/mol. The molecular formula is C24H24FN5O3. The number of benzene rings is 2. The van der Waals surface area contributed by atoms with Crippen molar-refractivity contribution in [3.63, 3.8) is 0 Å². The number of nitrogens with zero attached hydrogens (tertiary/aromatic N) is 4. The van der Waals surface area contributed by atoms with Crippen molar-refractivity contribution in [3.8, 4) is 23.0 Å². The predicted molar refractivity (Wildman–Crippen MR) is 121 cm³/mol. The summed E-state index contributed by atoms with van der Waals surface area (Å²) in [4.78, 5) is 12.3. The molecule has 0 aliphatic rings. The average molecular weight is 449 g/mol. The quantitative estimate of drug-likeness (QED) is 0.394. The first-order valence-corrected chi connectivity index (χ1v) is 10.7. The van der Waals surface area contributed by atoms with Gasteiger partial charge in [-0.15, -0.1) is 15.3 Å². The number of aromatic nitrogens is 4. The highest BCUT2D eigenvalue weighted by Crippen LogP contribution is 2.20. The Morgan fingerprint density at radius 3 is 2.70 bits per heavy atom. The molecule has 0 saturated carbocycles. The van der Waals surface area contributed by atoms with Crippen molar-refractivity contribution in [2.24, 2.45) is 0 Å². The van der Waals surface area contributed by atoms with E-state index < -0.39 is 6.10 Å². The number of nitrogens with one attached hydrogen (secondary N) is 1. The van der Waals surface area contributed by atoms with E-state index in [0.717, 1.165) is 6.42 Å². The number of carbonyl (C=O) groups excluding carboxylic acids is 1. The van der Waals surface area contributed by atoms with Crippen LogP contribution in [-0.4, -0.2) is 45.0 Å². The van der Waals surface area contributed by atoms with Crippen LogP contribution in [0, 0.1) is 5.82 Å². The zero-order chi connectivity index (χ0) is 23.2. The predicted octanol–water partition coefficient (Wildman–Crippen LogP) is 3.46. The molecule has 0 bridgehead atoms. The van der Waals surface area contributed by atoms with Gasteiger partial charge in [0.2, 0.25) is 5.88 Å². The van der Waals surface area contributed by atoms with Crippen LogP contribution in [-0.2, 0) is 11.2 Å². The largest absolute Gasteiger partial charge is 0.481 e. The molecule has 2 aromatic heterocycles. The summed E-state index contributed by atoms with van der Waals surface area (Å²) in [5, 5.41) is 15.3. The van der Waals surface area contributed by atoms with Crippen LogP contribution in [0.25, 0.3) is 17.0 Å². The molecule has 0 aliphatic carbocycles. The first kappa shape index (κ1) is 22.2. The second-order valence-electron chi connectivity index (χ2n) is 7.37. The van der Waals surface area contributed by atoms with E-state index in [1.807, 2.05) is 24.3 Å². The summed E-state index contributed by atoms with van der Waals surface area (Å²) < 4.78 is 26.4. The summed E-state index contributed by atoms with van der Waals surface area (Å²) >= 11 is 0. The van der Waals surface area contributed by atoms with Crippen LogP contribution < -0.4 is 14.8 Å². The molecule has 2 aromatic carbocycles. The van der Waals surface area contributed by atoms with Gasteiger partial charge < -0.3 is 14.8 Å². The van der Waals surface area contributed by atoms with Gasteiger partial charge in [0.15, 0.2) is 17.6 Å². The number of ether oxygens (including phenoxy) is 2. The maximum Gasteiger partial charge on any atom is 0.260 e. The van der Waals surface area contributed by atoms with Crippen molar-refractivity contribution < 1.29 is 18.7 Å². The molecule has 0 spiro atoms. The molecule has 0 saturated heterocycles. The number of halogens is 1. The number of hydrogen-bond donors (Lipinski definition) is 1. The Morgan fingerprint density at radius 2 is 1.94 bits per heavy atom. The van der Waals surface area contributed by atoms with Gasteiger partial charge in [-0.25, -0.2) is 4.39 Å². The Bertz CT molecular complexity index is 1240. The van der Waals surface area contributed by atoms with Crippen molar-refractivity contribution in [3.05, 3.63) is 72.0 Å². The molecule has 9 heteroatoms. The van der Waals surface area contributed by atoms with Gasteiger partial charge in [0.05, 0.1) is 6.54 Å². The van der Waals surface area contributed by atoms with Crippen LogP contribution in [0.3, 0.4) is 0 Å². The number of rotatable bonds is 9.